The molecule has 1 N–H and O–H groups in total. The molecular formula is C25H28N2O4S. The highest BCUT2D eigenvalue weighted by molar-refractivity contribution is 7.18. The highest BCUT2D eigenvalue weighted by atomic mass is 32.1. The molecular weight excluding hydrogens is 424 g/mol. The summed E-state index contributed by atoms with van der Waals surface area (Å²) in [5, 5.41) is 10.4. The molecule has 2 aromatic carbocycles. The lowest BCUT2D eigenvalue weighted by Gasteiger charge is -2.25. The zero-order chi connectivity index (χ0) is 22.7. The number of carbonyl (C=O) groups excluding carboxylic acids is 1. The van der Waals surface area contributed by atoms with Crippen LogP contribution in [0.15, 0.2) is 42.5 Å². The number of ether oxygens (including phenoxy) is 1. The van der Waals surface area contributed by atoms with Crippen molar-refractivity contribution < 1.29 is 19.4 Å². The number of fused-ring (bicyclic) bond motifs is 2. The zero-order valence-electron chi connectivity index (χ0n) is 18.5. The van der Waals surface area contributed by atoms with Gasteiger partial charge in [-0.15, -0.1) is 11.3 Å². The monoisotopic (exact) mass is 452 g/mol. The van der Waals surface area contributed by atoms with Gasteiger partial charge in [0.25, 0.3) is 0 Å². The number of carboxylic acid groups (broad SMARTS) is 1. The van der Waals surface area contributed by atoms with Crippen LogP contribution in [0.3, 0.4) is 0 Å². The molecule has 0 aliphatic heterocycles. The van der Waals surface area contributed by atoms with Crippen molar-refractivity contribution >= 4 is 33.3 Å². The minimum atomic E-state index is -0.923. The van der Waals surface area contributed by atoms with Crippen molar-refractivity contribution in [2.45, 2.75) is 32.1 Å². The summed E-state index contributed by atoms with van der Waals surface area (Å²) in [6.45, 7) is 1.45. The Labute approximate surface area is 191 Å². The second-order valence-corrected chi connectivity index (χ2v) is 9.90. The number of nitrogens with zero attached hydrogens (tertiary/aromatic N) is 2. The highest BCUT2D eigenvalue weighted by Crippen LogP contribution is 2.41. The molecule has 0 unspecified atom stereocenters. The molecule has 0 saturated heterocycles. The summed E-state index contributed by atoms with van der Waals surface area (Å²) in [4.78, 5) is 31.6. The predicted molar refractivity (Wildman–Crippen MR) is 126 cm³/mol. The number of hydrogen-bond acceptors (Lipinski definition) is 6. The third-order valence-electron chi connectivity index (χ3n) is 6.03. The van der Waals surface area contributed by atoms with E-state index in [2.05, 4.69) is 4.90 Å². The van der Waals surface area contributed by atoms with E-state index in [0.717, 1.165) is 38.6 Å². The maximum Gasteiger partial charge on any atom is 0.304 e. The number of carbonyl (C=O) groups is 2. The van der Waals surface area contributed by atoms with Crippen LogP contribution in [0.1, 0.15) is 29.0 Å². The summed E-state index contributed by atoms with van der Waals surface area (Å²) in [5.74, 6) is -0.118. The van der Waals surface area contributed by atoms with Crippen molar-refractivity contribution in [3.05, 3.63) is 58.6 Å². The van der Waals surface area contributed by atoms with Crippen molar-refractivity contribution in [3.63, 3.8) is 0 Å². The lowest BCUT2D eigenvalue weighted by Crippen LogP contribution is -2.35. The minimum absolute atomic E-state index is 0.0167. The van der Waals surface area contributed by atoms with Crippen LogP contribution in [-0.4, -0.2) is 54.0 Å². The van der Waals surface area contributed by atoms with E-state index in [9.17, 15) is 14.7 Å². The van der Waals surface area contributed by atoms with Gasteiger partial charge in [-0.05, 0) is 50.2 Å². The molecule has 168 valence electrons. The molecule has 32 heavy (non-hydrogen) atoms. The Hall–Kier alpha value is -2.77. The van der Waals surface area contributed by atoms with E-state index in [4.69, 9.17) is 9.72 Å². The summed E-state index contributed by atoms with van der Waals surface area (Å²) in [5.41, 5.74) is 2.20. The molecule has 4 rings (SSSR count). The molecule has 1 aliphatic rings. The Bertz CT molecular complexity index is 1110. The zero-order valence-corrected chi connectivity index (χ0v) is 19.3. The van der Waals surface area contributed by atoms with Crippen molar-refractivity contribution in [3.8, 4) is 5.75 Å². The Kier molecular flexibility index (Phi) is 6.58. The largest absolute Gasteiger partial charge is 0.492 e. The Morgan fingerprint density at radius 3 is 2.53 bits per heavy atom. The van der Waals surface area contributed by atoms with E-state index in [1.807, 2.05) is 56.6 Å². The SMILES string of the molecule is CN(C)CCOc1ccc2sc(CCC(=O)C3(CC(=O)O)Cc4ccccc4C3)nc2c1. The quantitative estimate of drug-likeness (QED) is 0.501. The van der Waals surface area contributed by atoms with Crippen molar-refractivity contribution in [1.29, 1.82) is 0 Å². The molecule has 0 spiro atoms. The molecule has 0 bridgehead atoms. The van der Waals surface area contributed by atoms with Crippen LogP contribution in [0.5, 0.6) is 5.75 Å². The molecule has 0 amide bonds. The molecule has 0 saturated carbocycles. The lowest BCUT2D eigenvalue weighted by molar-refractivity contribution is -0.144. The smallest absolute Gasteiger partial charge is 0.304 e. The van der Waals surface area contributed by atoms with Gasteiger partial charge in [0.15, 0.2) is 0 Å². The summed E-state index contributed by atoms with van der Waals surface area (Å²) >= 11 is 1.58. The van der Waals surface area contributed by atoms with E-state index in [0.29, 0.717) is 32.3 Å². The standard InChI is InChI=1S/C25H28N2O4S/c1-27(2)11-12-31-19-7-8-21-20(13-19)26-23(32-21)10-9-22(28)25(16-24(29)30)14-17-5-3-4-6-18(17)15-25/h3-8,13H,9-12,14-16H2,1-2H3,(H,29,30). The normalized spacial score (nSPS) is 14.6. The average Bonchev–Trinajstić information content (AvgIpc) is 3.31. The van der Waals surface area contributed by atoms with Gasteiger partial charge in [0, 0.05) is 30.9 Å². The summed E-state index contributed by atoms with van der Waals surface area (Å²) in [6, 6.07) is 13.8. The van der Waals surface area contributed by atoms with Crippen LogP contribution in [-0.2, 0) is 28.9 Å². The number of carboxylic acids is 1. The fraction of sp³-hybridized carbons (Fsp3) is 0.400. The molecule has 0 fully saturated rings. The first-order valence-corrected chi connectivity index (χ1v) is 11.7. The number of aliphatic carboxylic acids is 1. The summed E-state index contributed by atoms with van der Waals surface area (Å²) < 4.78 is 6.85. The minimum Gasteiger partial charge on any atom is -0.492 e. The van der Waals surface area contributed by atoms with Crippen molar-refractivity contribution in [2.75, 3.05) is 27.2 Å². The third-order valence-corrected chi connectivity index (χ3v) is 7.13. The van der Waals surface area contributed by atoms with Gasteiger partial charge in [-0.3, -0.25) is 9.59 Å². The van der Waals surface area contributed by atoms with E-state index in [1.54, 1.807) is 11.3 Å². The highest BCUT2D eigenvalue weighted by Gasteiger charge is 2.44. The number of aryl methyl sites for hydroxylation is 1. The molecule has 7 heteroatoms. The fourth-order valence-electron chi connectivity index (χ4n) is 4.39. The molecule has 1 aliphatic carbocycles. The fourth-order valence-corrected chi connectivity index (χ4v) is 5.33. The van der Waals surface area contributed by atoms with E-state index in [1.165, 1.54) is 0 Å². The van der Waals surface area contributed by atoms with Gasteiger partial charge in [-0.1, -0.05) is 24.3 Å². The van der Waals surface area contributed by atoms with E-state index >= 15 is 0 Å². The maximum absolute atomic E-state index is 13.3. The van der Waals surface area contributed by atoms with Gasteiger partial charge in [0.2, 0.25) is 0 Å². The number of aromatic nitrogens is 1. The van der Waals surface area contributed by atoms with Crippen LogP contribution in [0.4, 0.5) is 0 Å². The van der Waals surface area contributed by atoms with Gasteiger partial charge in [-0.2, -0.15) is 0 Å². The van der Waals surface area contributed by atoms with Crippen LogP contribution in [0.2, 0.25) is 0 Å². The summed E-state index contributed by atoms with van der Waals surface area (Å²) in [7, 11) is 4.01. The molecule has 6 nitrogen and oxygen atoms in total. The van der Waals surface area contributed by atoms with E-state index in [-0.39, 0.29) is 12.2 Å². The number of likely N-dealkylation sites (N-methyl/N-ethyl adjacent to an activating group) is 1. The first-order valence-electron chi connectivity index (χ1n) is 10.8. The van der Waals surface area contributed by atoms with Crippen LogP contribution in [0, 0.1) is 5.41 Å². The van der Waals surface area contributed by atoms with Gasteiger partial charge in [0.1, 0.15) is 18.1 Å². The molecule has 0 radical (unpaired) electrons. The molecule has 1 aromatic heterocycles. The van der Waals surface area contributed by atoms with Crippen LogP contribution < -0.4 is 4.74 Å². The van der Waals surface area contributed by atoms with Crippen molar-refractivity contribution in [2.24, 2.45) is 5.41 Å². The number of hydrogen-bond donors (Lipinski definition) is 1. The topological polar surface area (TPSA) is 79.7 Å². The number of Topliss-reactive ketones (excluding diaryl/α,β-unsaturated/α-hetero) is 1. The maximum atomic E-state index is 13.3. The van der Waals surface area contributed by atoms with Gasteiger partial charge in [-0.25, -0.2) is 4.98 Å². The second-order valence-electron chi connectivity index (χ2n) is 8.79. The lowest BCUT2D eigenvalue weighted by atomic mass is 9.76. The molecule has 0 atom stereocenters. The first-order chi connectivity index (χ1) is 15.3. The summed E-state index contributed by atoms with van der Waals surface area (Å²) in [6.07, 6.45) is 1.69. The van der Waals surface area contributed by atoms with Crippen molar-refractivity contribution in [1.82, 2.24) is 9.88 Å². The van der Waals surface area contributed by atoms with Gasteiger partial charge >= 0.3 is 5.97 Å². The Morgan fingerprint density at radius 1 is 1.16 bits per heavy atom. The third kappa shape index (κ3) is 5.00. The Morgan fingerprint density at radius 2 is 1.88 bits per heavy atom. The molecule has 3 aromatic rings. The number of ketones is 1. The first kappa shape index (κ1) is 22.4. The van der Waals surface area contributed by atoms with Gasteiger partial charge in [0.05, 0.1) is 21.6 Å². The number of rotatable bonds is 10. The average molecular weight is 453 g/mol. The number of thiazole rings is 1. The Balaban J connectivity index is 1.43. The predicted octanol–water partition coefficient (Wildman–Crippen LogP) is 4.00. The molecule has 1 heterocycles. The van der Waals surface area contributed by atoms with Gasteiger partial charge < -0.3 is 14.7 Å². The van der Waals surface area contributed by atoms with Crippen LogP contribution >= 0.6 is 11.3 Å². The second kappa shape index (κ2) is 9.38. The van der Waals surface area contributed by atoms with Crippen LogP contribution in [0.25, 0.3) is 10.2 Å². The van der Waals surface area contributed by atoms with E-state index < -0.39 is 11.4 Å². The number of benzene rings is 2.